The van der Waals surface area contributed by atoms with Crippen molar-refractivity contribution >= 4 is 27.5 Å². The van der Waals surface area contributed by atoms with Gasteiger partial charge in [0.1, 0.15) is 12.6 Å². The number of carbonyl (C=O) groups is 2. The van der Waals surface area contributed by atoms with Crippen molar-refractivity contribution < 1.29 is 18.0 Å². The van der Waals surface area contributed by atoms with Crippen LogP contribution in [0, 0.1) is 6.92 Å². The molecule has 0 unspecified atom stereocenters. The number of hydrogen-bond acceptors (Lipinski definition) is 4. The average Bonchev–Trinajstić information content (AvgIpc) is 2.76. The molecule has 2 rings (SSSR count). The first-order valence-electron chi connectivity index (χ1n) is 11.1. The van der Waals surface area contributed by atoms with Gasteiger partial charge in [-0.05, 0) is 36.5 Å². The molecule has 0 saturated carbocycles. The largest absolute Gasteiger partial charge is 0.357 e. The van der Waals surface area contributed by atoms with E-state index in [-0.39, 0.29) is 24.9 Å². The summed E-state index contributed by atoms with van der Waals surface area (Å²) < 4.78 is 26.7. The fraction of sp³-hybridized carbons (Fsp3) is 0.440. The number of carbonyl (C=O) groups excluding carboxylic acids is 2. The minimum atomic E-state index is -3.76. The maximum absolute atomic E-state index is 13.6. The highest BCUT2D eigenvalue weighted by molar-refractivity contribution is 7.92. The number of para-hydroxylation sites is 1. The molecular formula is C25H35N3O4S. The zero-order chi connectivity index (χ0) is 24.8. The molecule has 1 atom stereocenters. The van der Waals surface area contributed by atoms with Crippen LogP contribution in [0.25, 0.3) is 0 Å². The zero-order valence-electron chi connectivity index (χ0n) is 20.3. The fourth-order valence-electron chi connectivity index (χ4n) is 3.89. The van der Waals surface area contributed by atoms with Crippen LogP contribution in [-0.4, -0.2) is 51.0 Å². The monoisotopic (exact) mass is 473 g/mol. The van der Waals surface area contributed by atoms with E-state index < -0.39 is 22.0 Å². The lowest BCUT2D eigenvalue weighted by Gasteiger charge is -2.33. The lowest BCUT2D eigenvalue weighted by atomic mass is 10.0. The van der Waals surface area contributed by atoms with Crippen molar-refractivity contribution in [3.63, 3.8) is 0 Å². The Balaban J connectivity index is 2.49. The summed E-state index contributed by atoms with van der Waals surface area (Å²) in [5.41, 5.74) is 3.22. The van der Waals surface area contributed by atoms with Gasteiger partial charge in [0.2, 0.25) is 21.8 Å². The molecular weight excluding hydrogens is 438 g/mol. The smallest absolute Gasteiger partial charge is 0.244 e. The number of sulfonamides is 1. The van der Waals surface area contributed by atoms with Crippen LogP contribution >= 0.6 is 0 Å². The predicted molar refractivity (Wildman–Crippen MR) is 133 cm³/mol. The predicted octanol–water partition coefficient (Wildman–Crippen LogP) is 3.44. The molecule has 2 amide bonds. The molecule has 0 saturated heterocycles. The SMILES string of the molecule is CC[C@H](C(=O)NC)N(Cc1cccc(C)c1)C(=O)CN(c1ccccc1C(C)C)S(C)(=O)=O. The van der Waals surface area contributed by atoms with E-state index in [1.807, 2.05) is 64.1 Å². The molecule has 0 aliphatic heterocycles. The fourth-order valence-corrected chi connectivity index (χ4v) is 4.76. The first-order chi connectivity index (χ1) is 15.5. The molecule has 0 aliphatic carbocycles. The Morgan fingerprint density at radius 3 is 2.27 bits per heavy atom. The Kier molecular flexibility index (Phi) is 9.05. The molecule has 0 bridgehead atoms. The van der Waals surface area contributed by atoms with Crippen molar-refractivity contribution in [1.82, 2.24) is 10.2 Å². The van der Waals surface area contributed by atoms with Crippen molar-refractivity contribution in [3.8, 4) is 0 Å². The second kappa shape index (κ2) is 11.3. The van der Waals surface area contributed by atoms with Crippen LogP contribution in [0.3, 0.4) is 0 Å². The molecule has 0 fully saturated rings. The molecule has 2 aromatic rings. The molecule has 8 heteroatoms. The third kappa shape index (κ3) is 6.81. The lowest BCUT2D eigenvalue weighted by Crippen LogP contribution is -2.51. The van der Waals surface area contributed by atoms with E-state index in [1.54, 1.807) is 12.1 Å². The number of rotatable bonds is 10. The average molecular weight is 474 g/mol. The summed E-state index contributed by atoms with van der Waals surface area (Å²) in [6.45, 7) is 7.56. The Labute approximate surface area is 197 Å². The Bertz CT molecular complexity index is 1080. The topological polar surface area (TPSA) is 86.8 Å². The highest BCUT2D eigenvalue weighted by Crippen LogP contribution is 2.29. The van der Waals surface area contributed by atoms with Crippen molar-refractivity contribution in [3.05, 3.63) is 65.2 Å². The molecule has 0 aliphatic rings. The van der Waals surface area contributed by atoms with Gasteiger partial charge in [-0.2, -0.15) is 0 Å². The van der Waals surface area contributed by atoms with Gasteiger partial charge in [0.25, 0.3) is 0 Å². The van der Waals surface area contributed by atoms with Crippen LogP contribution in [-0.2, 0) is 26.2 Å². The molecule has 0 radical (unpaired) electrons. The number of nitrogens with one attached hydrogen (secondary N) is 1. The van der Waals surface area contributed by atoms with Gasteiger partial charge in [0.15, 0.2) is 0 Å². The summed E-state index contributed by atoms with van der Waals surface area (Å²) in [6, 6.07) is 14.2. The summed E-state index contributed by atoms with van der Waals surface area (Å²) in [6.07, 6.45) is 1.50. The van der Waals surface area contributed by atoms with Gasteiger partial charge in [0, 0.05) is 13.6 Å². The van der Waals surface area contributed by atoms with E-state index in [4.69, 9.17) is 0 Å². The van der Waals surface area contributed by atoms with Crippen LogP contribution in [0.2, 0.25) is 0 Å². The molecule has 0 spiro atoms. The number of anilines is 1. The highest BCUT2D eigenvalue weighted by Gasteiger charge is 2.32. The van der Waals surface area contributed by atoms with Gasteiger partial charge < -0.3 is 10.2 Å². The van der Waals surface area contributed by atoms with Crippen molar-refractivity contribution in [2.24, 2.45) is 0 Å². The van der Waals surface area contributed by atoms with E-state index in [2.05, 4.69) is 5.32 Å². The maximum Gasteiger partial charge on any atom is 0.244 e. The number of aryl methyl sites for hydroxylation is 1. The second-order valence-corrected chi connectivity index (χ2v) is 10.4. The van der Waals surface area contributed by atoms with Crippen LogP contribution in [0.1, 0.15) is 49.8 Å². The number of amides is 2. The van der Waals surface area contributed by atoms with Crippen LogP contribution in [0.4, 0.5) is 5.69 Å². The van der Waals surface area contributed by atoms with Gasteiger partial charge >= 0.3 is 0 Å². The quantitative estimate of drug-likeness (QED) is 0.573. The molecule has 2 aromatic carbocycles. The normalized spacial score (nSPS) is 12.3. The number of benzene rings is 2. The first kappa shape index (κ1) is 26.4. The van der Waals surface area contributed by atoms with E-state index in [9.17, 15) is 18.0 Å². The van der Waals surface area contributed by atoms with Gasteiger partial charge in [0.05, 0.1) is 11.9 Å². The van der Waals surface area contributed by atoms with Gasteiger partial charge in [-0.1, -0.05) is 68.8 Å². The summed E-state index contributed by atoms with van der Waals surface area (Å²) >= 11 is 0. The number of nitrogens with zero attached hydrogens (tertiary/aromatic N) is 2. The second-order valence-electron chi connectivity index (χ2n) is 8.53. The Hall–Kier alpha value is -2.87. The van der Waals surface area contributed by atoms with E-state index in [1.165, 1.54) is 11.9 Å². The van der Waals surface area contributed by atoms with Crippen molar-refractivity contribution in [2.45, 2.75) is 52.6 Å². The van der Waals surface area contributed by atoms with Crippen LogP contribution in [0.5, 0.6) is 0 Å². The highest BCUT2D eigenvalue weighted by atomic mass is 32.2. The van der Waals surface area contributed by atoms with Gasteiger partial charge in [-0.3, -0.25) is 13.9 Å². The van der Waals surface area contributed by atoms with Crippen LogP contribution < -0.4 is 9.62 Å². The molecule has 0 aromatic heterocycles. The van der Waals surface area contributed by atoms with E-state index >= 15 is 0 Å². The molecule has 33 heavy (non-hydrogen) atoms. The van der Waals surface area contributed by atoms with Gasteiger partial charge in [-0.25, -0.2) is 8.42 Å². The molecule has 0 heterocycles. The van der Waals surface area contributed by atoms with Gasteiger partial charge in [-0.15, -0.1) is 0 Å². The summed E-state index contributed by atoms with van der Waals surface area (Å²) in [7, 11) is -2.23. The minimum absolute atomic E-state index is 0.0678. The Morgan fingerprint density at radius 1 is 1.06 bits per heavy atom. The standard InChI is InChI=1S/C25H35N3O4S/c1-7-22(25(30)26-5)27(16-20-12-10-11-19(4)15-20)24(29)17-28(33(6,31)32)23-14-9-8-13-21(23)18(2)3/h8-15,18,22H,7,16-17H2,1-6H3,(H,26,30)/t22-/m1/s1. The van der Waals surface area contributed by atoms with Crippen molar-refractivity contribution in [2.75, 3.05) is 24.2 Å². The Morgan fingerprint density at radius 2 is 1.73 bits per heavy atom. The zero-order valence-corrected chi connectivity index (χ0v) is 21.1. The van der Waals surface area contributed by atoms with Crippen molar-refractivity contribution in [1.29, 1.82) is 0 Å². The number of hydrogen-bond donors (Lipinski definition) is 1. The van der Waals surface area contributed by atoms with Crippen LogP contribution in [0.15, 0.2) is 48.5 Å². The lowest BCUT2D eigenvalue weighted by molar-refractivity contribution is -0.140. The molecule has 1 N–H and O–H groups in total. The summed E-state index contributed by atoms with van der Waals surface area (Å²) in [5, 5.41) is 2.62. The summed E-state index contributed by atoms with van der Waals surface area (Å²) in [4.78, 5) is 27.7. The third-order valence-electron chi connectivity index (χ3n) is 5.57. The maximum atomic E-state index is 13.6. The number of likely N-dealkylation sites (N-methyl/N-ethyl adjacent to an activating group) is 1. The minimum Gasteiger partial charge on any atom is -0.357 e. The van der Waals surface area contributed by atoms with E-state index in [0.29, 0.717) is 12.1 Å². The third-order valence-corrected chi connectivity index (χ3v) is 6.70. The molecule has 7 nitrogen and oxygen atoms in total. The molecule has 180 valence electrons. The first-order valence-corrected chi connectivity index (χ1v) is 13.0. The summed E-state index contributed by atoms with van der Waals surface area (Å²) in [5.74, 6) is -0.652. The van der Waals surface area contributed by atoms with E-state index in [0.717, 1.165) is 27.3 Å².